The molecule has 0 unspecified atom stereocenters. The molecule has 0 heterocycles. The zero-order valence-corrected chi connectivity index (χ0v) is 13.5. The molecule has 0 amide bonds. The predicted octanol–water partition coefficient (Wildman–Crippen LogP) is 4.98. The Morgan fingerprint density at radius 3 is 2.74 bits per heavy atom. The van der Waals surface area contributed by atoms with E-state index in [1.165, 1.54) is 12.1 Å². The van der Waals surface area contributed by atoms with E-state index < -0.39 is 0 Å². The molecular formula is C19H23FN2O. The van der Waals surface area contributed by atoms with Gasteiger partial charge in [0.05, 0.1) is 18.5 Å². The summed E-state index contributed by atoms with van der Waals surface area (Å²) in [6.07, 6.45) is 5.03. The minimum absolute atomic E-state index is 0.259. The molecule has 0 spiro atoms. The highest BCUT2D eigenvalue weighted by molar-refractivity contribution is 5.82. The number of halogens is 1. The van der Waals surface area contributed by atoms with E-state index in [1.807, 2.05) is 30.3 Å². The molecule has 0 saturated carbocycles. The van der Waals surface area contributed by atoms with Crippen LogP contribution in [-0.4, -0.2) is 12.8 Å². The Balaban J connectivity index is 1.94. The molecule has 1 N–H and O–H groups in total. The summed E-state index contributed by atoms with van der Waals surface area (Å²) in [5.74, 6) is -0.259. The minimum atomic E-state index is -0.259. The fourth-order valence-electron chi connectivity index (χ4n) is 2.15. The zero-order chi connectivity index (χ0) is 16.3. The largest absolute Gasteiger partial charge is 0.377 e. The van der Waals surface area contributed by atoms with Gasteiger partial charge in [0.15, 0.2) is 0 Å². The molecule has 0 bridgehead atoms. The van der Waals surface area contributed by atoms with Crippen LogP contribution in [0.3, 0.4) is 0 Å². The predicted molar refractivity (Wildman–Crippen MR) is 93.2 cm³/mol. The van der Waals surface area contributed by atoms with Gasteiger partial charge in [0.2, 0.25) is 0 Å². The summed E-state index contributed by atoms with van der Waals surface area (Å²) in [7, 11) is 0. The summed E-state index contributed by atoms with van der Waals surface area (Å²) in [5, 5.41) is 4.21. The summed E-state index contributed by atoms with van der Waals surface area (Å²) < 4.78 is 19.1. The molecule has 2 aromatic carbocycles. The van der Waals surface area contributed by atoms with Gasteiger partial charge in [0.25, 0.3) is 0 Å². The summed E-state index contributed by atoms with van der Waals surface area (Å²) in [4.78, 5) is 0. The number of hydrogen-bond donors (Lipinski definition) is 1. The Kier molecular flexibility index (Phi) is 7.27. The summed E-state index contributed by atoms with van der Waals surface area (Å²) in [6.45, 7) is 3.25. The number of para-hydroxylation sites is 1. The minimum Gasteiger partial charge on any atom is -0.377 e. The van der Waals surface area contributed by atoms with Crippen molar-refractivity contribution in [1.29, 1.82) is 0 Å². The van der Waals surface area contributed by atoms with Crippen molar-refractivity contribution in [2.24, 2.45) is 5.10 Å². The standard InChI is InChI=1S/C19H23FN2O/c1-2-3-7-12-23-15-17-13-18(20)11-10-16(17)14-21-22-19-8-5-4-6-9-19/h4-6,8-11,13-14,22H,2-3,7,12,15H2,1H3. The van der Waals surface area contributed by atoms with E-state index in [9.17, 15) is 4.39 Å². The molecule has 0 radical (unpaired) electrons. The van der Waals surface area contributed by atoms with Gasteiger partial charge in [-0.3, -0.25) is 5.43 Å². The lowest BCUT2D eigenvalue weighted by Gasteiger charge is -2.08. The third-order valence-electron chi connectivity index (χ3n) is 3.43. The first kappa shape index (κ1) is 17.2. The van der Waals surface area contributed by atoms with Gasteiger partial charge in [0, 0.05) is 12.2 Å². The van der Waals surface area contributed by atoms with Crippen molar-refractivity contribution in [3.63, 3.8) is 0 Å². The van der Waals surface area contributed by atoms with Gasteiger partial charge in [-0.05, 0) is 36.2 Å². The Bertz CT molecular complexity index is 614. The maximum absolute atomic E-state index is 13.4. The van der Waals surface area contributed by atoms with Gasteiger partial charge in [0.1, 0.15) is 5.82 Å². The zero-order valence-electron chi connectivity index (χ0n) is 13.5. The molecule has 2 aromatic rings. The molecule has 4 heteroatoms. The third-order valence-corrected chi connectivity index (χ3v) is 3.43. The molecule has 0 aliphatic rings. The van der Waals surface area contributed by atoms with Crippen LogP contribution in [-0.2, 0) is 11.3 Å². The maximum atomic E-state index is 13.4. The van der Waals surface area contributed by atoms with Crippen LogP contribution in [0.4, 0.5) is 10.1 Å². The number of ether oxygens (including phenoxy) is 1. The second-order valence-electron chi connectivity index (χ2n) is 5.34. The lowest BCUT2D eigenvalue weighted by Crippen LogP contribution is -2.01. The van der Waals surface area contributed by atoms with Crippen LogP contribution in [0.1, 0.15) is 37.3 Å². The van der Waals surface area contributed by atoms with Crippen LogP contribution >= 0.6 is 0 Å². The van der Waals surface area contributed by atoms with E-state index >= 15 is 0 Å². The second-order valence-corrected chi connectivity index (χ2v) is 5.34. The topological polar surface area (TPSA) is 33.6 Å². The van der Waals surface area contributed by atoms with Crippen molar-refractivity contribution >= 4 is 11.9 Å². The normalized spacial score (nSPS) is 11.0. The molecule has 0 aliphatic heterocycles. The number of hydrogen-bond acceptors (Lipinski definition) is 3. The van der Waals surface area contributed by atoms with Crippen LogP contribution in [0, 0.1) is 5.82 Å². The monoisotopic (exact) mass is 314 g/mol. The molecule has 0 atom stereocenters. The molecule has 23 heavy (non-hydrogen) atoms. The van der Waals surface area contributed by atoms with E-state index in [0.29, 0.717) is 13.2 Å². The van der Waals surface area contributed by atoms with Crippen molar-refractivity contribution in [1.82, 2.24) is 0 Å². The molecule has 122 valence electrons. The molecule has 0 aliphatic carbocycles. The van der Waals surface area contributed by atoms with Crippen molar-refractivity contribution in [2.75, 3.05) is 12.0 Å². The average Bonchev–Trinajstić information content (AvgIpc) is 2.57. The second kappa shape index (κ2) is 9.74. The van der Waals surface area contributed by atoms with Gasteiger partial charge in [-0.15, -0.1) is 0 Å². The van der Waals surface area contributed by atoms with Gasteiger partial charge >= 0.3 is 0 Å². The number of unbranched alkanes of at least 4 members (excludes halogenated alkanes) is 2. The fourth-order valence-corrected chi connectivity index (χ4v) is 2.15. The smallest absolute Gasteiger partial charge is 0.123 e. The van der Waals surface area contributed by atoms with Crippen molar-refractivity contribution in [3.8, 4) is 0 Å². The molecule has 0 fully saturated rings. The van der Waals surface area contributed by atoms with Crippen LogP contribution in [0.25, 0.3) is 0 Å². The van der Waals surface area contributed by atoms with Crippen molar-refractivity contribution < 1.29 is 9.13 Å². The van der Waals surface area contributed by atoms with Crippen molar-refractivity contribution in [2.45, 2.75) is 32.8 Å². The van der Waals surface area contributed by atoms with E-state index in [-0.39, 0.29) is 5.82 Å². The molecule has 0 saturated heterocycles. The van der Waals surface area contributed by atoms with Gasteiger partial charge in [-0.2, -0.15) is 5.10 Å². The Morgan fingerprint density at radius 2 is 1.96 bits per heavy atom. The number of hydrazone groups is 1. The van der Waals surface area contributed by atoms with E-state index in [2.05, 4.69) is 17.5 Å². The Labute approximate surface area is 137 Å². The number of nitrogens with zero attached hydrogens (tertiary/aromatic N) is 1. The summed E-state index contributed by atoms with van der Waals surface area (Å²) in [5.41, 5.74) is 5.52. The van der Waals surface area contributed by atoms with Crippen molar-refractivity contribution in [3.05, 3.63) is 65.5 Å². The highest BCUT2D eigenvalue weighted by atomic mass is 19.1. The number of nitrogens with one attached hydrogen (secondary N) is 1. The lowest BCUT2D eigenvalue weighted by atomic mass is 10.1. The molecule has 3 nitrogen and oxygen atoms in total. The van der Waals surface area contributed by atoms with Gasteiger partial charge in [-0.1, -0.05) is 44.0 Å². The Hall–Kier alpha value is -2.20. The van der Waals surface area contributed by atoms with E-state index in [4.69, 9.17) is 4.74 Å². The fraction of sp³-hybridized carbons (Fsp3) is 0.316. The van der Waals surface area contributed by atoms with Crippen LogP contribution in [0.5, 0.6) is 0 Å². The maximum Gasteiger partial charge on any atom is 0.123 e. The van der Waals surface area contributed by atoms with Crippen LogP contribution in [0.2, 0.25) is 0 Å². The molecule has 0 aromatic heterocycles. The number of benzene rings is 2. The Morgan fingerprint density at radius 1 is 1.13 bits per heavy atom. The first-order valence-electron chi connectivity index (χ1n) is 8.00. The first-order valence-corrected chi connectivity index (χ1v) is 8.00. The number of rotatable bonds is 9. The van der Waals surface area contributed by atoms with Crippen LogP contribution in [0.15, 0.2) is 53.6 Å². The summed E-state index contributed by atoms with van der Waals surface area (Å²) >= 11 is 0. The van der Waals surface area contributed by atoms with Gasteiger partial charge < -0.3 is 4.74 Å². The summed E-state index contributed by atoms with van der Waals surface area (Å²) in [6, 6.07) is 14.3. The van der Waals surface area contributed by atoms with Gasteiger partial charge in [-0.25, -0.2) is 4.39 Å². The van der Waals surface area contributed by atoms with E-state index in [1.54, 1.807) is 12.3 Å². The average molecular weight is 314 g/mol. The third kappa shape index (κ3) is 6.20. The van der Waals surface area contributed by atoms with E-state index in [0.717, 1.165) is 36.1 Å². The SMILES string of the molecule is CCCCCOCc1cc(F)ccc1C=NNc1ccccc1. The highest BCUT2D eigenvalue weighted by Gasteiger charge is 2.03. The quantitative estimate of drug-likeness (QED) is 0.402. The van der Waals surface area contributed by atoms with Crippen LogP contribution < -0.4 is 5.43 Å². The lowest BCUT2D eigenvalue weighted by molar-refractivity contribution is 0.117. The molecule has 2 rings (SSSR count). The molecular weight excluding hydrogens is 291 g/mol. The number of anilines is 1. The highest BCUT2D eigenvalue weighted by Crippen LogP contribution is 2.12. The first-order chi connectivity index (χ1) is 11.3.